The summed E-state index contributed by atoms with van der Waals surface area (Å²) in [6, 6.07) is 13.5. The number of hydrogen-bond donors (Lipinski definition) is 1. The Morgan fingerprint density at radius 2 is 1.96 bits per heavy atom. The lowest BCUT2D eigenvalue weighted by molar-refractivity contribution is 0.00973. The molecule has 0 saturated carbocycles. The van der Waals surface area contributed by atoms with Crippen molar-refractivity contribution < 1.29 is 13.5 Å². The molecule has 1 aliphatic heterocycles. The maximum absolute atomic E-state index is 13.0. The van der Waals surface area contributed by atoms with Crippen LogP contribution >= 0.6 is 0 Å². The monoisotopic (exact) mass is 345 g/mol. The van der Waals surface area contributed by atoms with E-state index in [9.17, 15) is 8.78 Å². The van der Waals surface area contributed by atoms with Gasteiger partial charge in [-0.3, -0.25) is 0 Å². The van der Waals surface area contributed by atoms with Gasteiger partial charge in [0.1, 0.15) is 5.82 Å². The highest BCUT2D eigenvalue weighted by Crippen LogP contribution is 2.29. The fourth-order valence-corrected chi connectivity index (χ4v) is 3.06. The molecule has 1 aromatic carbocycles. The number of fused-ring (bicyclic) bond motifs is 1. The summed E-state index contributed by atoms with van der Waals surface area (Å²) in [4.78, 5) is 0. The Morgan fingerprint density at radius 3 is 2.76 bits per heavy atom. The number of aromatic nitrogens is 4. The van der Waals surface area contributed by atoms with Crippen molar-refractivity contribution in [3.05, 3.63) is 53.9 Å². The van der Waals surface area contributed by atoms with Crippen LogP contribution in [-0.2, 0) is 4.74 Å². The van der Waals surface area contributed by atoms with Gasteiger partial charge in [-0.15, -0.1) is 15.3 Å². The molecule has 2 aromatic heterocycles. The van der Waals surface area contributed by atoms with Crippen molar-refractivity contribution in [2.24, 2.45) is 0 Å². The lowest BCUT2D eigenvalue weighted by Crippen LogP contribution is -2.30. The highest BCUT2D eigenvalue weighted by Gasteiger charge is 2.24. The molecule has 0 radical (unpaired) electrons. The van der Waals surface area contributed by atoms with Crippen LogP contribution in [0.15, 0.2) is 42.5 Å². The molecule has 25 heavy (non-hydrogen) atoms. The van der Waals surface area contributed by atoms with Crippen LogP contribution in [0, 0.1) is 0 Å². The summed E-state index contributed by atoms with van der Waals surface area (Å²) in [7, 11) is 0. The number of rotatable bonds is 4. The van der Waals surface area contributed by atoms with E-state index >= 15 is 0 Å². The molecular weight excluding hydrogens is 328 g/mol. The van der Waals surface area contributed by atoms with Gasteiger partial charge in [0, 0.05) is 12.6 Å². The van der Waals surface area contributed by atoms with Crippen LogP contribution in [-0.4, -0.2) is 32.5 Å². The number of anilines is 1. The first kappa shape index (κ1) is 15.9. The standard InChI is InChI=1S/C17H17F2N5O/c18-16(19)17-22-21-15-7-6-14(23-24(15)17)20-12-8-9-25-13(10-12)11-4-2-1-3-5-11/h1-7,12-13,16H,8-10H2,(H,20,23). The van der Waals surface area contributed by atoms with E-state index in [2.05, 4.69) is 20.6 Å². The highest BCUT2D eigenvalue weighted by molar-refractivity contribution is 5.44. The third-order valence-corrected chi connectivity index (χ3v) is 4.29. The Labute approximate surface area is 142 Å². The van der Waals surface area contributed by atoms with Crippen LogP contribution in [0.2, 0.25) is 0 Å². The van der Waals surface area contributed by atoms with Crippen molar-refractivity contribution in [2.75, 3.05) is 11.9 Å². The van der Waals surface area contributed by atoms with Crippen LogP contribution in [0.5, 0.6) is 0 Å². The highest BCUT2D eigenvalue weighted by atomic mass is 19.3. The maximum atomic E-state index is 13.0. The van der Waals surface area contributed by atoms with E-state index in [0.717, 1.165) is 22.9 Å². The Balaban J connectivity index is 1.51. The summed E-state index contributed by atoms with van der Waals surface area (Å²) in [5.74, 6) is 0.0701. The third-order valence-electron chi connectivity index (χ3n) is 4.29. The lowest BCUT2D eigenvalue weighted by Gasteiger charge is -2.30. The summed E-state index contributed by atoms with van der Waals surface area (Å²) in [6.07, 6.45) is -1.09. The summed E-state index contributed by atoms with van der Waals surface area (Å²) in [5.41, 5.74) is 1.44. The van der Waals surface area contributed by atoms with Gasteiger partial charge in [-0.25, -0.2) is 8.78 Å². The zero-order chi connectivity index (χ0) is 17.2. The quantitative estimate of drug-likeness (QED) is 0.785. The van der Waals surface area contributed by atoms with Gasteiger partial charge in [-0.2, -0.15) is 4.52 Å². The molecule has 3 aromatic rings. The number of hydrogen-bond acceptors (Lipinski definition) is 5. The Hall–Kier alpha value is -2.61. The van der Waals surface area contributed by atoms with Crippen molar-refractivity contribution in [2.45, 2.75) is 31.4 Å². The molecule has 130 valence electrons. The first-order chi connectivity index (χ1) is 12.2. The Bertz CT molecular complexity index is 855. The minimum absolute atomic E-state index is 0.0164. The zero-order valence-electron chi connectivity index (χ0n) is 13.3. The van der Waals surface area contributed by atoms with Gasteiger partial charge in [0.2, 0.25) is 5.82 Å². The Kier molecular flexibility index (Phi) is 4.27. The molecule has 6 nitrogen and oxygen atoms in total. The number of ether oxygens (including phenoxy) is 1. The fraction of sp³-hybridized carbons (Fsp3) is 0.353. The van der Waals surface area contributed by atoms with E-state index < -0.39 is 12.2 Å². The minimum Gasteiger partial charge on any atom is -0.373 e. The largest absolute Gasteiger partial charge is 0.373 e. The molecule has 4 rings (SSSR count). The lowest BCUT2D eigenvalue weighted by atomic mass is 9.97. The van der Waals surface area contributed by atoms with Crippen molar-refractivity contribution in [3.63, 3.8) is 0 Å². The second-order valence-corrected chi connectivity index (χ2v) is 5.98. The molecule has 3 heterocycles. The Morgan fingerprint density at radius 1 is 1.12 bits per heavy atom. The summed E-state index contributed by atoms with van der Waals surface area (Å²) in [6.45, 7) is 0.633. The van der Waals surface area contributed by atoms with Crippen LogP contribution in [0.4, 0.5) is 14.6 Å². The smallest absolute Gasteiger partial charge is 0.299 e. The average molecular weight is 345 g/mol. The van der Waals surface area contributed by atoms with Crippen LogP contribution in [0.3, 0.4) is 0 Å². The van der Waals surface area contributed by atoms with E-state index in [0.29, 0.717) is 18.1 Å². The molecular formula is C17H17F2N5O. The van der Waals surface area contributed by atoms with Gasteiger partial charge in [0.05, 0.1) is 6.10 Å². The molecule has 1 aliphatic rings. The van der Waals surface area contributed by atoms with Crippen molar-refractivity contribution in [1.82, 2.24) is 19.8 Å². The van der Waals surface area contributed by atoms with Crippen molar-refractivity contribution >= 4 is 11.5 Å². The maximum Gasteiger partial charge on any atom is 0.299 e. The molecule has 0 amide bonds. The number of halogens is 2. The van der Waals surface area contributed by atoms with Gasteiger partial charge in [0.15, 0.2) is 5.65 Å². The second kappa shape index (κ2) is 6.72. The zero-order valence-corrected chi connectivity index (χ0v) is 13.3. The number of nitrogens with one attached hydrogen (secondary N) is 1. The van der Waals surface area contributed by atoms with Gasteiger partial charge in [0.25, 0.3) is 6.43 Å². The van der Waals surface area contributed by atoms with E-state index in [1.807, 2.05) is 30.3 Å². The van der Waals surface area contributed by atoms with Crippen LogP contribution in [0.1, 0.15) is 36.8 Å². The van der Waals surface area contributed by atoms with E-state index in [4.69, 9.17) is 4.74 Å². The molecule has 1 saturated heterocycles. The normalized spacial score (nSPS) is 20.9. The summed E-state index contributed by atoms with van der Waals surface area (Å²) in [5, 5.41) is 14.7. The fourth-order valence-electron chi connectivity index (χ4n) is 3.06. The molecule has 0 spiro atoms. The van der Waals surface area contributed by atoms with E-state index in [-0.39, 0.29) is 12.1 Å². The second-order valence-electron chi connectivity index (χ2n) is 5.98. The van der Waals surface area contributed by atoms with Crippen molar-refractivity contribution in [3.8, 4) is 0 Å². The summed E-state index contributed by atoms with van der Waals surface area (Å²) < 4.78 is 32.9. The molecule has 1 fully saturated rings. The predicted octanol–water partition coefficient (Wildman–Crippen LogP) is 3.39. The van der Waals surface area contributed by atoms with Crippen LogP contribution < -0.4 is 5.32 Å². The molecule has 2 atom stereocenters. The SMILES string of the molecule is FC(F)c1nnc2ccc(NC3CCOC(c4ccccc4)C3)nn12. The van der Waals surface area contributed by atoms with Gasteiger partial charge >= 0.3 is 0 Å². The molecule has 0 bridgehead atoms. The minimum atomic E-state index is -2.72. The first-order valence-corrected chi connectivity index (χ1v) is 8.14. The molecule has 2 unspecified atom stereocenters. The van der Waals surface area contributed by atoms with Gasteiger partial charge in [-0.05, 0) is 30.5 Å². The number of nitrogens with zero attached hydrogens (tertiary/aromatic N) is 4. The first-order valence-electron chi connectivity index (χ1n) is 8.14. The van der Waals surface area contributed by atoms with Gasteiger partial charge < -0.3 is 10.1 Å². The molecule has 8 heteroatoms. The third kappa shape index (κ3) is 3.30. The molecule has 1 N–H and O–H groups in total. The van der Waals surface area contributed by atoms with Crippen LogP contribution in [0.25, 0.3) is 5.65 Å². The summed E-state index contributed by atoms with van der Waals surface area (Å²) >= 11 is 0. The number of alkyl halides is 2. The average Bonchev–Trinajstić information content (AvgIpc) is 3.06. The van der Waals surface area contributed by atoms with Crippen molar-refractivity contribution in [1.29, 1.82) is 0 Å². The van der Waals surface area contributed by atoms with Gasteiger partial charge in [-0.1, -0.05) is 30.3 Å². The topological polar surface area (TPSA) is 64.3 Å². The molecule has 0 aliphatic carbocycles. The van der Waals surface area contributed by atoms with E-state index in [1.54, 1.807) is 12.1 Å². The predicted molar refractivity (Wildman–Crippen MR) is 87.5 cm³/mol. The van der Waals surface area contributed by atoms with E-state index in [1.165, 1.54) is 0 Å². The number of benzene rings is 1.